The van der Waals surface area contributed by atoms with E-state index in [0.29, 0.717) is 19.1 Å². The highest BCUT2D eigenvalue weighted by atomic mass is 35.5. The maximum absolute atomic E-state index is 12.6. The second kappa shape index (κ2) is 6.48. The van der Waals surface area contributed by atoms with Crippen LogP contribution < -0.4 is 5.73 Å². The first-order valence-corrected chi connectivity index (χ1v) is 8.83. The molecule has 1 aromatic heterocycles. The molecule has 0 saturated carbocycles. The molecule has 1 aromatic rings. The molecule has 118 valence electrons. The zero-order valence-corrected chi connectivity index (χ0v) is 13.9. The van der Waals surface area contributed by atoms with Crippen LogP contribution in [0.5, 0.6) is 0 Å². The third-order valence-corrected chi connectivity index (χ3v) is 6.14. The van der Waals surface area contributed by atoms with E-state index in [0.717, 1.165) is 19.5 Å². The lowest BCUT2D eigenvalue weighted by Crippen LogP contribution is -2.51. The van der Waals surface area contributed by atoms with Crippen LogP contribution in [0, 0.1) is 0 Å². The van der Waals surface area contributed by atoms with E-state index in [9.17, 15) is 8.42 Å². The molecule has 0 spiro atoms. The number of pyridine rings is 1. The fourth-order valence-corrected chi connectivity index (χ4v) is 3.99. The second-order valence-corrected chi connectivity index (χ2v) is 7.58. The van der Waals surface area contributed by atoms with Gasteiger partial charge in [-0.1, -0.05) is 18.5 Å². The summed E-state index contributed by atoms with van der Waals surface area (Å²) in [4.78, 5) is 6.23. The number of nitrogens with two attached hydrogens (primary N) is 1. The van der Waals surface area contributed by atoms with Gasteiger partial charge in [0, 0.05) is 38.4 Å². The number of sulfonamides is 1. The average molecular weight is 333 g/mol. The van der Waals surface area contributed by atoms with Crippen molar-refractivity contribution in [3.63, 3.8) is 0 Å². The molecule has 0 aliphatic carbocycles. The Morgan fingerprint density at radius 1 is 1.38 bits per heavy atom. The minimum atomic E-state index is -3.55. The van der Waals surface area contributed by atoms with E-state index in [-0.39, 0.29) is 15.7 Å². The second-order valence-electron chi connectivity index (χ2n) is 5.24. The number of aromatic nitrogens is 1. The van der Waals surface area contributed by atoms with Crippen LogP contribution in [0.15, 0.2) is 17.2 Å². The lowest BCUT2D eigenvalue weighted by Gasteiger charge is -2.37. The van der Waals surface area contributed by atoms with Gasteiger partial charge in [-0.15, -0.1) is 0 Å². The molecule has 1 unspecified atom stereocenters. The molecular formula is C13H21ClN4O2S. The van der Waals surface area contributed by atoms with Crippen LogP contribution in [0.25, 0.3) is 0 Å². The number of anilines is 1. The van der Waals surface area contributed by atoms with Gasteiger partial charge in [0.15, 0.2) is 0 Å². The molecule has 1 atom stereocenters. The number of nitrogens with zero attached hydrogens (tertiary/aromatic N) is 3. The Kier molecular flexibility index (Phi) is 5.08. The van der Waals surface area contributed by atoms with Crippen molar-refractivity contribution in [1.29, 1.82) is 0 Å². The van der Waals surface area contributed by atoms with Crippen molar-refractivity contribution in [2.75, 3.05) is 31.9 Å². The molecule has 8 heteroatoms. The molecule has 1 aliphatic rings. The third-order valence-electron chi connectivity index (χ3n) is 3.97. The summed E-state index contributed by atoms with van der Waals surface area (Å²) < 4.78 is 26.6. The van der Waals surface area contributed by atoms with E-state index in [4.69, 9.17) is 17.3 Å². The average Bonchev–Trinajstić information content (AvgIpc) is 2.49. The SMILES string of the molecule is CCC(C)N1CCN(S(=O)(=O)c2cnc(N)c(Cl)c2)CC1. The molecule has 21 heavy (non-hydrogen) atoms. The Morgan fingerprint density at radius 2 is 2.00 bits per heavy atom. The Balaban J connectivity index is 2.13. The number of nitrogen functional groups attached to an aromatic ring is 1. The molecule has 6 nitrogen and oxygen atoms in total. The van der Waals surface area contributed by atoms with Crippen molar-refractivity contribution < 1.29 is 8.42 Å². The van der Waals surface area contributed by atoms with E-state index >= 15 is 0 Å². The normalized spacial score (nSPS) is 19.6. The smallest absolute Gasteiger partial charge is 0.244 e. The molecule has 1 fully saturated rings. The van der Waals surface area contributed by atoms with E-state index in [2.05, 4.69) is 23.7 Å². The van der Waals surface area contributed by atoms with Gasteiger partial charge in [-0.05, 0) is 19.4 Å². The molecule has 0 bridgehead atoms. The predicted molar refractivity (Wildman–Crippen MR) is 83.7 cm³/mol. The standard InChI is InChI=1S/C13H21ClN4O2S/c1-3-10(2)17-4-6-18(7-5-17)21(19,20)11-8-12(14)13(15)16-9-11/h8-10H,3-7H2,1-2H3,(H2,15,16). The molecule has 0 radical (unpaired) electrons. The Labute approximate surface area is 130 Å². The number of halogens is 1. The fourth-order valence-electron chi connectivity index (χ4n) is 2.36. The number of piperazine rings is 1. The van der Waals surface area contributed by atoms with Crippen LogP contribution in [-0.4, -0.2) is 54.8 Å². The number of rotatable bonds is 4. The van der Waals surface area contributed by atoms with E-state index in [1.165, 1.54) is 16.6 Å². The molecule has 0 aromatic carbocycles. The van der Waals surface area contributed by atoms with Crippen molar-refractivity contribution in [2.24, 2.45) is 0 Å². The summed E-state index contributed by atoms with van der Waals surface area (Å²) in [5, 5.41) is 0.161. The van der Waals surface area contributed by atoms with E-state index in [1.54, 1.807) is 0 Å². The van der Waals surface area contributed by atoms with E-state index in [1.807, 2.05) is 0 Å². The molecule has 2 rings (SSSR count). The first-order valence-electron chi connectivity index (χ1n) is 7.01. The monoisotopic (exact) mass is 332 g/mol. The maximum atomic E-state index is 12.6. The van der Waals surface area contributed by atoms with Gasteiger partial charge in [0.25, 0.3) is 0 Å². The van der Waals surface area contributed by atoms with Crippen molar-refractivity contribution >= 4 is 27.4 Å². The summed E-state index contributed by atoms with van der Waals surface area (Å²) >= 11 is 5.86. The van der Waals surface area contributed by atoms with Gasteiger partial charge in [0.05, 0.1) is 5.02 Å². The van der Waals surface area contributed by atoms with Crippen molar-refractivity contribution in [2.45, 2.75) is 31.2 Å². The zero-order chi connectivity index (χ0) is 15.6. The molecule has 1 saturated heterocycles. The van der Waals surface area contributed by atoms with Gasteiger partial charge in [-0.25, -0.2) is 13.4 Å². The summed E-state index contributed by atoms with van der Waals surface area (Å²) in [6.45, 7) is 6.74. The van der Waals surface area contributed by atoms with Crippen LogP contribution >= 0.6 is 11.6 Å². The predicted octanol–water partition coefficient (Wildman–Crippen LogP) is 1.42. The highest BCUT2D eigenvalue weighted by molar-refractivity contribution is 7.89. The Morgan fingerprint density at radius 3 is 2.52 bits per heavy atom. The molecule has 2 heterocycles. The van der Waals surface area contributed by atoms with Crippen molar-refractivity contribution in [1.82, 2.24) is 14.2 Å². The van der Waals surface area contributed by atoms with Crippen LogP contribution in [0.3, 0.4) is 0 Å². The lowest BCUT2D eigenvalue weighted by atomic mass is 10.2. The molecular weight excluding hydrogens is 312 g/mol. The first kappa shape index (κ1) is 16.5. The molecule has 1 aliphatic heterocycles. The first-order chi connectivity index (χ1) is 9.86. The quantitative estimate of drug-likeness (QED) is 0.902. The third kappa shape index (κ3) is 3.48. The highest BCUT2D eigenvalue weighted by Gasteiger charge is 2.30. The fraction of sp³-hybridized carbons (Fsp3) is 0.615. The van der Waals surface area contributed by atoms with Gasteiger partial charge >= 0.3 is 0 Å². The minimum absolute atomic E-state index is 0.0960. The topological polar surface area (TPSA) is 79.5 Å². The van der Waals surface area contributed by atoms with Crippen molar-refractivity contribution in [3.8, 4) is 0 Å². The minimum Gasteiger partial charge on any atom is -0.382 e. The molecule has 2 N–H and O–H groups in total. The highest BCUT2D eigenvalue weighted by Crippen LogP contribution is 2.23. The Bertz CT molecular complexity index is 600. The van der Waals surface area contributed by atoms with Crippen LogP contribution in [0.1, 0.15) is 20.3 Å². The van der Waals surface area contributed by atoms with Crippen LogP contribution in [-0.2, 0) is 10.0 Å². The summed E-state index contributed by atoms with van der Waals surface area (Å²) in [5.74, 6) is 0.136. The summed E-state index contributed by atoms with van der Waals surface area (Å²) in [6, 6.07) is 1.84. The number of hydrogen-bond acceptors (Lipinski definition) is 5. The summed E-state index contributed by atoms with van der Waals surface area (Å²) in [6.07, 6.45) is 2.32. The van der Waals surface area contributed by atoms with Gasteiger partial charge < -0.3 is 5.73 Å². The summed E-state index contributed by atoms with van der Waals surface area (Å²) in [5.41, 5.74) is 5.52. The van der Waals surface area contributed by atoms with Crippen LogP contribution in [0.4, 0.5) is 5.82 Å². The van der Waals surface area contributed by atoms with Gasteiger partial charge in [0.1, 0.15) is 10.7 Å². The largest absolute Gasteiger partial charge is 0.382 e. The van der Waals surface area contributed by atoms with Crippen LogP contribution in [0.2, 0.25) is 5.02 Å². The zero-order valence-electron chi connectivity index (χ0n) is 12.3. The van der Waals surface area contributed by atoms with E-state index < -0.39 is 10.0 Å². The molecule has 0 amide bonds. The number of hydrogen-bond donors (Lipinski definition) is 1. The van der Waals surface area contributed by atoms with Gasteiger partial charge in [-0.2, -0.15) is 4.31 Å². The van der Waals surface area contributed by atoms with Crippen molar-refractivity contribution in [3.05, 3.63) is 17.3 Å². The van der Waals surface area contributed by atoms with Gasteiger partial charge in [-0.3, -0.25) is 4.90 Å². The maximum Gasteiger partial charge on any atom is 0.244 e. The lowest BCUT2D eigenvalue weighted by molar-refractivity contribution is 0.142. The van der Waals surface area contributed by atoms with Gasteiger partial charge in [0.2, 0.25) is 10.0 Å². The summed E-state index contributed by atoms with van der Waals surface area (Å²) in [7, 11) is -3.55. The Hall–Kier alpha value is -0.890.